The van der Waals surface area contributed by atoms with Gasteiger partial charge >= 0.3 is 0 Å². The van der Waals surface area contributed by atoms with E-state index in [1.54, 1.807) is 17.5 Å². The summed E-state index contributed by atoms with van der Waals surface area (Å²) in [5, 5.41) is 12.1. The Hall–Kier alpha value is -4.73. The van der Waals surface area contributed by atoms with Crippen LogP contribution in [0.2, 0.25) is 0 Å². The fourth-order valence-electron chi connectivity index (χ4n) is 4.73. The second-order valence-corrected chi connectivity index (χ2v) is 10.7. The van der Waals surface area contributed by atoms with Gasteiger partial charge in [0.2, 0.25) is 0 Å². The smallest absolute Gasteiger partial charge is 0.159 e. The third-order valence-corrected chi connectivity index (χ3v) is 7.70. The van der Waals surface area contributed by atoms with Crippen LogP contribution < -0.4 is 5.32 Å². The predicted molar refractivity (Wildman–Crippen MR) is 155 cm³/mol. The van der Waals surface area contributed by atoms with Crippen molar-refractivity contribution in [2.24, 2.45) is 0 Å². The summed E-state index contributed by atoms with van der Waals surface area (Å²) in [6, 6.07) is 18.8. The number of aryl methyl sites for hydroxylation is 1. The maximum atomic E-state index is 4.95. The molecule has 0 radical (unpaired) electrons. The van der Waals surface area contributed by atoms with E-state index in [-0.39, 0.29) is 0 Å². The van der Waals surface area contributed by atoms with E-state index in [9.17, 15) is 0 Å². The third-order valence-electron chi connectivity index (χ3n) is 6.66. The minimum atomic E-state index is 0.688. The normalized spacial score (nSPS) is 11.5. The quantitative estimate of drug-likeness (QED) is 0.225. The van der Waals surface area contributed by atoms with E-state index in [2.05, 4.69) is 84.8 Å². The Morgan fingerprint density at radius 3 is 2.59 bits per heavy atom. The number of aromatic nitrogens is 7. The van der Waals surface area contributed by atoms with Crippen molar-refractivity contribution in [3.63, 3.8) is 0 Å². The van der Waals surface area contributed by atoms with Crippen LogP contribution >= 0.6 is 11.3 Å². The van der Waals surface area contributed by atoms with Crippen molar-refractivity contribution >= 4 is 33.3 Å². The van der Waals surface area contributed by atoms with Crippen LogP contribution in [0.4, 0.5) is 0 Å². The van der Waals surface area contributed by atoms with E-state index in [0.29, 0.717) is 12.4 Å². The van der Waals surface area contributed by atoms with Crippen LogP contribution in [0, 0.1) is 6.92 Å². The molecule has 7 aromatic rings. The minimum Gasteiger partial charge on any atom is -0.335 e. The summed E-state index contributed by atoms with van der Waals surface area (Å²) in [7, 11) is 0. The van der Waals surface area contributed by atoms with Gasteiger partial charge in [0.05, 0.1) is 29.1 Å². The van der Waals surface area contributed by atoms with Crippen LogP contribution in [-0.2, 0) is 13.1 Å². The molecule has 9 heteroatoms. The molecular weight excluding hydrogens is 504 g/mol. The van der Waals surface area contributed by atoms with Gasteiger partial charge in [-0.3, -0.25) is 20.1 Å². The molecule has 3 N–H and O–H groups in total. The summed E-state index contributed by atoms with van der Waals surface area (Å²) < 4.78 is 0. The zero-order valence-electron chi connectivity index (χ0n) is 21.1. The molecule has 0 atom stereocenters. The Morgan fingerprint density at radius 2 is 1.72 bits per heavy atom. The number of aromatic amines is 2. The zero-order chi connectivity index (χ0) is 26.2. The summed E-state index contributed by atoms with van der Waals surface area (Å²) in [5.74, 6) is 0.688. The van der Waals surface area contributed by atoms with Crippen molar-refractivity contribution in [2.75, 3.05) is 0 Å². The van der Waals surface area contributed by atoms with Gasteiger partial charge in [0, 0.05) is 57.9 Å². The highest BCUT2D eigenvalue weighted by atomic mass is 32.1. The first kappa shape index (κ1) is 23.4. The van der Waals surface area contributed by atoms with Crippen LogP contribution in [0.15, 0.2) is 85.6 Å². The first-order chi connectivity index (χ1) is 19.2. The lowest BCUT2D eigenvalue weighted by Gasteiger charge is -2.07. The van der Waals surface area contributed by atoms with Gasteiger partial charge in [-0.15, -0.1) is 11.3 Å². The van der Waals surface area contributed by atoms with Gasteiger partial charge in [-0.2, -0.15) is 5.10 Å². The van der Waals surface area contributed by atoms with Gasteiger partial charge in [-0.05, 0) is 42.3 Å². The Bertz CT molecular complexity index is 1920. The van der Waals surface area contributed by atoms with Crippen molar-refractivity contribution in [1.29, 1.82) is 0 Å². The monoisotopic (exact) mass is 528 g/mol. The van der Waals surface area contributed by atoms with Crippen LogP contribution in [0.25, 0.3) is 55.2 Å². The van der Waals surface area contributed by atoms with Gasteiger partial charge in [0.1, 0.15) is 11.2 Å². The van der Waals surface area contributed by atoms with Crippen LogP contribution in [-0.4, -0.2) is 35.1 Å². The molecule has 0 fully saturated rings. The topological polar surface area (TPSA) is 108 Å². The summed E-state index contributed by atoms with van der Waals surface area (Å²) in [6.07, 6.45) is 9.22. The minimum absolute atomic E-state index is 0.688. The number of imidazole rings is 1. The number of pyridine rings is 3. The first-order valence-corrected chi connectivity index (χ1v) is 13.5. The number of H-pyrrole nitrogens is 2. The van der Waals surface area contributed by atoms with Crippen molar-refractivity contribution in [3.05, 3.63) is 102 Å². The van der Waals surface area contributed by atoms with Gasteiger partial charge < -0.3 is 10.3 Å². The molecular formula is C30H24N8S. The number of benzene rings is 1. The second-order valence-electron chi connectivity index (χ2n) is 9.44. The van der Waals surface area contributed by atoms with E-state index in [0.717, 1.165) is 61.4 Å². The molecule has 6 heterocycles. The number of nitrogens with one attached hydrogen (secondary N) is 3. The highest BCUT2D eigenvalue weighted by molar-refractivity contribution is 7.15. The average molecular weight is 529 g/mol. The molecule has 8 nitrogen and oxygen atoms in total. The summed E-state index contributed by atoms with van der Waals surface area (Å²) in [4.78, 5) is 24.4. The molecule has 39 heavy (non-hydrogen) atoms. The van der Waals surface area contributed by atoms with Crippen molar-refractivity contribution in [1.82, 2.24) is 40.4 Å². The largest absolute Gasteiger partial charge is 0.335 e. The predicted octanol–water partition coefficient (Wildman–Crippen LogP) is 6.28. The Balaban J connectivity index is 1.20. The average Bonchev–Trinajstić information content (AvgIpc) is 3.71. The molecule has 7 rings (SSSR count). The highest BCUT2D eigenvalue weighted by Crippen LogP contribution is 2.34. The molecule has 0 amide bonds. The Labute approximate surface area is 228 Å². The first-order valence-electron chi connectivity index (χ1n) is 12.7. The van der Waals surface area contributed by atoms with E-state index in [4.69, 9.17) is 4.98 Å². The molecule has 0 saturated carbocycles. The fraction of sp³-hybridized carbons (Fsp3) is 0.100. The SMILES string of the molecule is Cc1ccc(-c2cncc3[nH]c(-c4n[nH]c5cnc(-c6cncc(CNCc7ccccc7)c6)cc45)nc23)s1. The molecule has 0 unspecified atom stereocenters. The lowest BCUT2D eigenvalue weighted by Crippen LogP contribution is -2.12. The number of rotatable bonds is 7. The maximum absolute atomic E-state index is 4.95. The van der Waals surface area contributed by atoms with Crippen LogP contribution in [0.3, 0.4) is 0 Å². The van der Waals surface area contributed by atoms with Crippen LogP contribution in [0.5, 0.6) is 0 Å². The van der Waals surface area contributed by atoms with Gasteiger partial charge in [-0.1, -0.05) is 30.3 Å². The Morgan fingerprint density at radius 1 is 0.846 bits per heavy atom. The molecule has 0 bridgehead atoms. The van der Waals surface area contributed by atoms with E-state index >= 15 is 0 Å². The lowest BCUT2D eigenvalue weighted by molar-refractivity contribution is 0.691. The summed E-state index contributed by atoms with van der Waals surface area (Å²) in [6.45, 7) is 3.62. The van der Waals surface area contributed by atoms with Gasteiger partial charge in [0.25, 0.3) is 0 Å². The van der Waals surface area contributed by atoms with E-state index < -0.39 is 0 Å². The standard InChI is InChI=1S/C30H24N8S/c1-18-7-8-27(39-18)23-15-33-16-26-28(23)36-30(35-26)29-22-10-24(34-17-25(22)37-38-29)21-9-20(13-32-14-21)12-31-11-19-5-3-2-4-6-19/h2-10,13-17,31H,11-12H2,1H3,(H,35,36)(H,37,38). The van der Waals surface area contributed by atoms with E-state index in [1.165, 1.54) is 10.4 Å². The molecule has 0 aliphatic heterocycles. The molecule has 1 aromatic carbocycles. The maximum Gasteiger partial charge on any atom is 0.159 e. The highest BCUT2D eigenvalue weighted by Gasteiger charge is 2.17. The van der Waals surface area contributed by atoms with Gasteiger partial charge in [-0.25, -0.2) is 4.98 Å². The molecule has 0 saturated heterocycles. The number of thiophene rings is 1. The van der Waals surface area contributed by atoms with Crippen molar-refractivity contribution in [2.45, 2.75) is 20.0 Å². The number of nitrogens with zero attached hydrogens (tertiary/aromatic N) is 5. The fourth-order valence-corrected chi connectivity index (χ4v) is 5.61. The summed E-state index contributed by atoms with van der Waals surface area (Å²) in [5.41, 5.74) is 8.48. The molecule has 6 aromatic heterocycles. The number of hydrogen-bond donors (Lipinski definition) is 3. The number of hydrogen-bond acceptors (Lipinski definition) is 7. The van der Waals surface area contributed by atoms with E-state index in [1.807, 2.05) is 36.9 Å². The second kappa shape index (κ2) is 9.86. The zero-order valence-corrected chi connectivity index (χ0v) is 22.0. The van der Waals surface area contributed by atoms with Crippen molar-refractivity contribution < 1.29 is 0 Å². The third kappa shape index (κ3) is 4.58. The number of fused-ring (bicyclic) bond motifs is 2. The van der Waals surface area contributed by atoms with Crippen LogP contribution in [0.1, 0.15) is 16.0 Å². The molecule has 190 valence electrons. The molecule has 0 aliphatic carbocycles. The molecule has 0 aliphatic rings. The summed E-state index contributed by atoms with van der Waals surface area (Å²) >= 11 is 1.73. The van der Waals surface area contributed by atoms with Crippen molar-refractivity contribution in [3.8, 4) is 33.2 Å². The Kier molecular flexibility index (Phi) is 5.92. The van der Waals surface area contributed by atoms with Gasteiger partial charge in [0.15, 0.2) is 5.82 Å². The molecule has 0 spiro atoms. The lowest BCUT2D eigenvalue weighted by atomic mass is 10.1.